The van der Waals surface area contributed by atoms with Crippen LogP contribution in [0.2, 0.25) is 0 Å². The first-order chi connectivity index (χ1) is 9.63. The van der Waals surface area contributed by atoms with Crippen LogP contribution in [0.4, 0.5) is 0 Å². The summed E-state index contributed by atoms with van der Waals surface area (Å²) < 4.78 is 16.0. The predicted octanol–water partition coefficient (Wildman–Crippen LogP) is 1.61. The van der Waals surface area contributed by atoms with Gasteiger partial charge in [0.2, 0.25) is 0 Å². The van der Waals surface area contributed by atoms with E-state index in [1.807, 2.05) is 0 Å². The Morgan fingerprint density at radius 2 is 2.15 bits per heavy atom. The number of methoxy groups -OCH3 is 1. The molecule has 2 rings (SSSR count). The number of ether oxygens (including phenoxy) is 3. The minimum absolute atomic E-state index is 0.333. The number of aromatic nitrogens is 2. The molecule has 1 aromatic rings. The van der Waals surface area contributed by atoms with Gasteiger partial charge < -0.3 is 14.2 Å². The van der Waals surface area contributed by atoms with Crippen molar-refractivity contribution >= 4 is 5.97 Å². The van der Waals surface area contributed by atoms with E-state index in [2.05, 4.69) is 9.97 Å². The molecule has 0 saturated carbocycles. The molecule has 0 bridgehead atoms. The summed E-state index contributed by atoms with van der Waals surface area (Å²) in [5, 5.41) is 0. The average molecular weight is 280 g/mol. The Morgan fingerprint density at radius 1 is 1.45 bits per heavy atom. The van der Waals surface area contributed by atoms with Gasteiger partial charge in [-0.3, -0.25) is 0 Å². The molecule has 0 unspecified atom stereocenters. The van der Waals surface area contributed by atoms with Crippen molar-refractivity contribution in [2.75, 3.05) is 26.9 Å². The van der Waals surface area contributed by atoms with E-state index in [1.165, 1.54) is 6.20 Å². The molecule has 110 valence electrons. The summed E-state index contributed by atoms with van der Waals surface area (Å²) in [5.74, 6) is 0.212. The predicted molar refractivity (Wildman–Crippen MR) is 71.5 cm³/mol. The molecule has 0 aliphatic carbocycles. The minimum atomic E-state index is -0.518. The van der Waals surface area contributed by atoms with Gasteiger partial charge in [-0.1, -0.05) is 0 Å². The van der Waals surface area contributed by atoms with Gasteiger partial charge in [-0.05, 0) is 13.8 Å². The Morgan fingerprint density at radius 3 is 2.70 bits per heavy atom. The minimum Gasteiger partial charge on any atom is -0.462 e. The van der Waals surface area contributed by atoms with E-state index in [-0.39, 0.29) is 0 Å². The van der Waals surface area contributed by atoms with E-state index >= 15 is 0 Å². The number of aryl methyl sites for hydroxylation is 1. The lowest BCUT2D eigenvalue weighted by atomic mass is 9.93. The van der Waals surface area contributed by atoms with Gasteiger partial charge in [-0.15, -0.1) is 0 Å². The van der Waals surface area contributed by atoms with Crippen molar-refractivity contribution in [3.63, 3.8) is 0 Å². The summed E-state index contributed by atoms with van der Waals surface area (Å²) in [7, 11) is 1.66. The zero-order chi connectivity index (χ0) is 14.6. The van der Waals surface area contributed by atoms with Gasteiger partial charge in [0.05, 0.1) is 17.9 Å². The Labute approximate surface area is 118 Å². The van der Waals surface area contributed by atoms with E-state index < -0.39 is 11.6 Å². The molecule has 0 amide bonds. The van der Waals surface area contributed by atoms with E-state index in [1.54, 1.807) is 21.0 Å². The molecule has 1 aliphatic rings. The number of rotatable bonds is 4. The standard InChI is InChI=1S/C14H20N2O4/c1-4-20-12(17)11-9-15-13(16-10(11)2)14(18-3)5-7-19-8-6-14/h9H,4-8H2,1-3H3. The first-order valence-corrected chi connectivity index (χ1v) is 6.77. The van der Waals surface area contributed by atoms with Gasteiger partial charge in [-0.2, -0.15) is 0 Å². The van der Waals surface area contributed by atoms with E-state index in [0.29, 0.717) is 49.7 Å². The molecule has 0 atom stereocenters. The molecular weight excluding hydrogens is 260 g/mol. The Balaban J connectivity index is 2.30. The fourth-order valence-corrected chi connectivity index (χ4v) is 2.32. The summed E-state index contributed by atoms with van der Waals surface area (Å²) in [5.41, 5.74) is 0.487. The molecule has 20 heavy (non-hydrogen) atoms. The van der Waals surface area contributed by atoms with Crippen LogP contribution in [0, 0.1) is 6.92 Å². The summed E-state index contributed by atoms with van der Waals surface area (Å²) in [6.45, 7) is 5.12. The van der Waals surface area contributed by atoms with Crippen molar-refractivity contribution in [1.29, 1.82) is 0 Å². The molecular formula is C14H20N2O4. The lowest BCUT2D eigenvalue weighted by Crippen LogP contribution is -2.37. The van der Waals surface area contributed by atoms with Crippen LogP contribution in [0.5, 0.6) is 0 Å². The second-order valence-corrected chi connectivity index (χ2v) is 4.72. The molecule has 2 heterocycles. The zero-order valence-corrected chi connectivity index (χ0v) is 12.1. The van der Waals surface area contributed by atoms with Crippen molar-refractivity contribution in [3.8, 4) is 0 Å². The fraction of sp³-hybridized carbons (Fsp3) is 0.643. The number of hydrogen-bond acceptors (Lipinski definition) is 6. The second kappa shape index (κ2) is 6.28. The molecule has 0 N–H and O–H groups in total. The molecule has 1 saturated heterocycles. The summed E-state index contributed by atoms with van der Waals surface area (Å²) in [4.78, 5) is 20.5. The molecule has 6 heteroatoms. The summed E-state index contributed by atoms with van der Waals surface area (Å²) >= 11 is 0. The fourth-order valence-electron chi connectivity index (χ4n) is 2.32. The third-order valence-electron chi connectivity index (χ3n) is 3.57. The molecule has 1 aromatic heterocycles. The zero-order valence-electron chi connectivity index (χ0n) is 12.1. The SMILES string of the molecule is CCOC(=O)c1cnc(C2(OC)CCOCC2)nc1C. The van der Waals surface area contributed by atoms with Crippen molar-refractivity contribution in [2.24, 2.45) is 0 Å². The lowest BCUT2D eigenvalue weighted by molar-refractivity contribution is -0.100. The highest BCUT2D eigenvalue weighted by Crippen LogP contribution is 2.33. The first-order valence-electron chi connectivity index (χ1n) is 6.77. The maximum Gasteiger partial charge on any atom is 0.341 e. The van der Waals surface area contributed by atoms with Crippen LogP contribution in [0.1, 0.15) is 41.6 Å². The van der Waals surface area contributed by atoms with Crippen molar-refractivity contribution in [3.05, 3.63) is 23.3 Å². The largest absolute Gasteiger partial charge is 0.462 e. The Kier molecular flexibility index (Phi) is 4.67. The molecule has 1 fully saturated rings. The monoisotopic (exact) mass is 280 g/mol. The van der Waals surface area contributed by atoms with Gasteiger partial charge in [-0.25, -0.2) is 14.8 Å². The maximum atomic E-state index is 11.7. The van der Waals surface area contributed by atoms with Crippen LogP contribution in [0.15, 0.2) is 6.20 Å². The molecule has 1 aliphatic heterocycles. The number of nitrogens with zero attached hydrogens (tertiary/aromatic N) is 2. The van der Waals surface area contributed by atoms with Crippen LogP contribution in [-0.4, -0.2) is 42.9 Å². The smallest absolute Gasteiger partial charge is 0.341 e. The van der Waals surface area contributed by atoms with Gasteiger partial charge >= 0.3 is 5.97 Å². The van der Waals surface area contributed by atoms with Crippen molar-refractivity contribution in [1.82, 2.24) is 9.97 Å². The van der Waals surface area contributed by atoms with Gasteiger partial charge in [0.25, 0.3) is 0 Å². The topological polar surface area (TPSA) is 70.5 Å². The van der Waals surface area contributed by atoms with Crippen molar-refractivity contribution in [2.45, 2.75) is 32.3 Å². The average Bonchev–Trinajstić information content (AvgIpc) is 2.48. The lowest BCUT2D eigenvalue weighted by Gasteiger charge is -2.34. The van der Waals surface area contributed by atoms with Crippen LogP contribution in [-0.2, 0) is 19.8 Å². The second-order valence-electron chi connectivity index (χ2n) is 4.72. The first kappa shape index (κ1) is 14.9. The molecule has 0 spiro atoms. The van der Waals surface area contributed by atoms with Crippen LogP contribution in [0.25, 0.3) is 0 Å². The van der Waals surface area contributed by atoms with E-state index in [0.717, 1.165) is 0 Å². The van der Waals surface area contributed by atoms with Gasteiger partial charge in [0, 0.05) is 39.4 Å². The van der Waals surface area contributed by atoms with Crippen LogP contribution < -0.4 is 0 Å². The van der Waals surface area contributed by atoms with E-state index in [4.69, 9.17) is 14.2 Å². The molecule has 0 aromatic carbocycles. The van der Waals surface area contributed by atoms with Crippen LogP contribution in [0.3, 0.4) is 0 Å². The van der Waals surface area contributed by atoms with Gasteiger partial charge in [0.1, 0.15) is 5.60 Å². The van der Waals surface area contributed by atoms with E-state index in [9.17, 15) is 4.79 Å². The Bertz CT molecular complexity index is 484. The number of esters is 1. The van der Waals surface area contributed by atoms with Crippen LogP contribution >= 0.6 is 0 Å². The van der Waals surface area contributed by atoms with Gasteiger partial charge in [0.15, 0.2) is 5.82 Å². The highest BCUT2D eigenvalue weighted by molar-refractivity contribution is 5.90. The summed E-state index contributed by atoms with van der Waals surface area (Å²) in [6, 6.07) is 0. The quantitative estimate of drug-likeness (QED) is 0.780. The number of carbonyl (C=O) groups is 1. The third-order valence-corrected chi connectivity index (χ3v) is 3.57. The number of hydrogen-bond donors (Lipinski definition) is 0. The Hall–Kier alpha value is -1.53. The highest BCUT2D eigenvalue weighted by Gasteiger charge is 2.37. The maximum absolute atomic E-state index is 11.7. The normalized spacial score (nSPS) is 17.8. The van der Waals surface area contributed by atoms with Crippen molar-refractivity contribution < 1.29 is 19.0 Å². The highest BCUT2D eigenvalue weighted by atomic mass is 16.5. The molecule has 6 nitrogen and oxygen atoms in total. The summed E-state index contributed by atoms with van der Waals surface area (Å²) in [6.07, 6.45) is 2.94. The number of carbonyl (C=O) groups excluding carboxylic acids is 1. The third kappa shape index (κ3) is 2.81. The molecule has 0 radical (unpaired) electrons.